The quantitative estimate of drug-likeness (QED) is 0.260. The second-order valence-corrected chi connectivity index (χ2v) is 10.5. The van der Waals surface area contributed by atoms with E-state index in [1.165, 1.54) is 24.3 Å². The van der Waals surface area contributed by atoms with Gasteiger partial charge in [-0.2, -0.15) is 13.2 Å². The molecule has 12 heteroatoms. The van der Waals surface area contributed by atoms with Gasteiger partial charge < -0.3 is 15.8 Å². The molecule has 198 valence electrons. The van der Waals surface area contributed by atoms with E-state index in [0.717, 1.165) is 0 Å². The van der Waals surface area contributed by atoms with E-state index in [1.54, 1.807) is 18.2 Å². The van der Waals surface area contributed by atoms with E-state index in [1.807, 2.05) is 13.8 Å². The van der Waals surface area contributed by atoms with Gasteiger partial charge >= 0.3 is 12.1 Å². The molecule has 0 fully saturated rings. The maximum Gasteiger partial charge on any atom is 0.491 e. The molecule has 2 aliphatic rings. The van der Waals surface area contributed by atoms with Crippen molar-refractivity contribution in [1.82, 2.24) is 0 Å². The SMILES string of the molecule is CCCC1(CCC)C(=O)C(C2=NS(O)(O)c3cc(N)ccc3N2)=C(OC(=O)C(F)(F)F)c2ccccc21. The number of hydrogen-bond donors (Lipinski definition) is 4. The number of benzene rings is 2. The number of alkyl halides is 3. The number of rotatable bonds is 6. The highest BCUT2D eigenvalue weighted by Crippen LogP contribution is 2.57. The predicted octanol–water partition coefficient (Wildman–Crippen LogP) is 6.05. The molecule has 1 aliphatic carbocycles. The summed E-state index contributed by atoms with van der Waals surface area (Å²) in [6, 6.07) is 10.5. The van der Waals surface area contributed by atoms with E-state index in [0.29, 0.717) is 31.2 Å². The molecule has 37 heavy (non-hydrogen) atoms. The summed E-state index contributed by atoms with van der Waals surface area (Å²) in [7, 11) is -3.91. The molecule has 0 saturated heterocycles. The van der Waals surface area contributed by atoms with Crippen LogP contribution < -0.4 is 11.1 Å². The molecule has 0 atom stereocenters. The minimum Gasteiger partial charge on any atom is -0.418 e. The van der Waals surface area contributed by atoms with Gasteiger partial charge in [0.1, 0.15) is 10.5 Å². The number of anilines is 2. The third-order valence-corrected chi connectivity index (χ3v) is 7.73. The molecule has 5 N–H and O–H groups in total. The summed E-state index contributed by atoms with van der Waals surface area (Å²) in [6.45, 7) is 3.76. The number of carbonyl (C=O) groups excluding carboxylic acids is 2. The van der Waals surface area contributed by atoms with Crippen LogP contribution in [0.25, 0.3) is 5.76 Å². The lowest BCUT2D eigenvalue weighted by Crippen LogP contribution is -2.45. The lowest BCUT2D eigenvalue weighted by Gasteiger charge is -2.41. The number of nitrogens with two attached hydrogens (primary N) is 1. The highest BCUT2D eigenvalue weighted by atomic mass is 32.3. The summed E-state index contributed by atoms with van der Waals surface area (Å²) in [5, 5.41) is 2.82. The molecule has 0 amide bonds. The van der Waals surface area contributed by atoms with Gasteiger partial charge in [-0.15, -0.1) is 4.40 Å². The molecule has 1 heterocycles. The van der Waals surface area contributed by atoms with Gasteiger partial charge in [-0.05, 0) is 36.6 Å². The van der Waals surface area contributed by atoms with Crippen LogP contribution in [0.5, 0.6) is 0 Å². The Morgan fingerprint density at radius 3 is 2.41 bits per heavy atom. The van der Waals surface area contributed by atoms with E-state index < -0.39 is 51.3 Å². The van der Waals surface area contributed by atoms with Gasteiger partial charge in [0.25, 0.3) is 0 Å². The molecular weight excluding hydrogens is 511 g/mol. The zero-order chi connectivity index (χ0) is 27.2. The van der Waals surface area contributed by atoms with Crippen LogP contribution in [0.4, 0.5) is 24.5 Å². The van der Waals surface area contributed by atoms with Gasteiger partial charge in [0, 0.05) is 11.3 Å². The van der Waals surface area contributed by atoms with Crippen LogP contribution in [0.1, 0.15) is 50.7 Å². The maximum atomic E-state index is 14.3. The van der Waals surface area contributed by atoms with Crippen molar-refractivity contribution in [2.45, 2.75) is 56.0 Å². The average Bonchev–Trinajstić information content (AvgIpc) is 2.82. The number of nitrogen functional groups attached to an aromatic ring is 1. The Morgan fingerprint density at radius 2 is 1.78 bits per heavy atom. The first-order valence-corrected chi connectivity index (χ1v) is 13.1. The highest BCUT2D eigenvalue weighted by Gasteiger charge is 2.51. The van der Waals surface area contributed by atoms with Crippen LogP contribution >= 0.6 is 10.8 Å². The van der Waals surface area contributed by atoms with Crippen LogP contribution in [0.15, 0.2) is 57.3 Å². The standard InChI is InChI=1S/C25H26F3N3O5S/c1-3-11-24(12-4-2)16-8-6-5-7-15(16)20(36-23(33)25(26,27)28)19(21(24)32)22-30-17-10-9-14(29)13-18(17)37(34,35)31-22/h5-10,13,34-35H,3-4,11-12,29H2,1-2H3,(H,30,31). The van der Waals surface area contributed by atoms with Crippen molar-refractivity contribution in [2.24, 2.45) is 4.40 Å². The number of fused-ring (bicyclic) bond motifs is 2. The Balaban J connectivity index is 2.03. The number of amidine groups is 1. The zero-order valence-electron chi connectivity index (χ0n) is 20.1. The van der Waals surface area contributed by atoms with Crippen LogP contribution in [0.2, 0.25) is 0 Å². The van der Waals surface area contributed by atoms with Crippen LogP contribution in [0, 0.1) is 0 Å². The first-order valence-electron chi connectivity index (χ1n) is 11.6. The smallest absolute Gasteiger partial charge is 0.418 e. The average molecular weight is 538 g/mol. The van der Waals surface area contributed by atoms with Crippen molar-refractivity contribution < 1.29 is 36.6 Å². The van der Waals surface area contributed by atoms with Crippen molar-refractivity contribution >= 4 is 45.5 Å². The molecule has 2 aromatic carbocycles. The summed E-state index contributed by atoms with van der Waals surface area (Å²) in [5.41, 5.74) is 5.09. The summed E-state index contributed by atoms with van der Waals surface area (Å²) in [6.07, 6.45) is -3.48. The lowest BCUT2D eigenvalue weighted by atomic mass is 9.63. The van der Waals surface area contributed by atoms with Crippen LogP contribution in [-0.4, -0.2) is 32.9 Å². The number of esters is 1. The Kier molecular flexibility index (Phi) is 6.86. The maximum absolute atomic E-state index is 14.3. The van der Waals surface area contributed by atoms with Crippen molar-refractivity contribution in [3.63, 3.8) is 0 Å². The monoisotopic (exact) mass is 537 g/mol. The van der Waals surface area contributed by atoms with E-state index in [4.69, 9.17) is 10.5 Å². The molecular formula is C25H26F3N3O5S. The van der Waals surface area contributed by atoms with E-state index in [9.17, 15) is 31.9 Å². The van der Waals surface area contributed by atoms with Gasteiger partial charge in [-0.25, -0.2) is 4.79 Å². The molecule has 8 nitrogen and oxygen atoms in total. The molecule has 0 aromatic heterocycles. The Bertz CT molecular complexity index is 1330. The van der Waals surface area contributed by atoms with Crippen molar-refractivity contribution in [3.05, 3.63) is 59.2 Å². The zero-order valence-corrected chi connectivity index (χ0v) is 20.9. The van der Waals surface area contributed by atoms with Crippen molar-refractivity contribution in [2.75, 3.05) is 11.1 Å². The fourth-order valence-electron chi connectivity index (χ4n) is 4.95. The summed E-state index contributed by atoms with van der Waals surface area (Å²) in [5.74, 6) is -4.19. The molecule has 0 unspecified atom stereocenters. The van der Waals surface area contributed by atoms with Crippen LogP contribution in [-0.2, 0) is 19.7 Å². The third-order valence-electron chi connectivity index (χ3n) is 6.36. The molecule has 1 aliphatic heterocycles. The van der Waals surface area contributed by atoms with E-state index in [2.05, 4.69) is 9.71 Å². The van der Waals surface area contributed by atoms with Gasteiger partial charge in [-0.3, -0.25) is 13.9 Å². The minimum absolute atomic E-state index is 0.0391. The highest BCUT2D eigenvalue weighted by molar-refractivity contribution is 8.23. The molecule has 0 bridgehead atoms. The van der Waals surface area contributed by atoms with E-state index in [-0.39, 0.29) is 21.8 Å². The first kappa shape index (κ1) is 26.7. The number of carbonyl (C=O) groups is 2. The van der Waals surface area contributed by atoms with Crippen LogP contribution in [0.3, 0.4) is 0 Å². The lowest BCUT2D eigenvalue weighted by molar-refractivity contribution is -0.192. The number of nitrogens with one attached hydrogen (secondary N) is 1. The second kappa shape index (κ2) is 9.51. The molecule has 0 spiro atoms. The first-order chi connectivity index (χ1) is 17.4. The largest absolute Gasteiger partial charge is 0.491 e. The Morgan fingerprint density at radius 1 is 1.14 bits per heavy atom. The van der Waals surface area contributed by atoms with Crippen molar-refractivity contribution in [3.8, 4) is 0 Å². The number of halogens is 3. The van der Waals surface area contributed by atoms with E-state index >= 15 is 0 Å². The summed E-state index contributed by atoms with van der Waals surface area (Å²) in [4.78, 5) is 26.2. The second-order valence-electron chi connectivity index (χ2n) is 8.89. The predicted molar refractivity (Wildman–Crippen MR) is 135 cm³/mol. The van der Waals surface area contributed by atoms with Gasteiger partial charge in [0.15, 0.2) is 17.4 Å². The van der Waals surface area contributed by atoms with Gasteiger partial charge in [-0.1, -0.05) is 61.7 Å². The molecule has 0 saturated carbocycles. The minimum atomic E-state index is -5.34. The number of hydrogen-bond acceptors (Lipinski definition) is 8. The van der Waals surface area contributed by atoms with Gasteiger partial charge in [0.05, 0.1) is 11.1 Å². The molecule has 4 rings (SSSR count). The third kappa shape index (κ3) is 4.60. The number of nitrogens with zero attached hydrogens (tertiary/aromatic N) is 1. The fourth-order valence-corrected chi connectivity index (χ4v) is 6.15. The molecule has 0 radical (unpaired) electrons. The Hall–Kier alpha value is -3.35. The summed E-state index contributed by atoms with van der Waals surface area (Å²) >= 11 is 0. The van der Waals surface area contributed by atoms with Gasteiger partial charge in [0.2, 0.25) is 0 Å². The summed E-state index contributed by atoms with van der Waals surface area (Å²) < 4.78 is 70.2. The molecule has 2 aromatic rings. The topological polar surface area (TPSA) is 134 Å². The Labute approximate surface area is 212 Å². The number of ether oxygens (including phenoxy) is 1. The number of ketones is 1. The normalized spacial score (nSPS) is 18.8. The number of Topliss-reactive ketones (excluding diaryl/α,β-unsaturated/α-hetero) is 1. The van der Waals surface area contributed by atoms with Crippen molar-refractivity contribution in [1.29, 1.82) is 0 Å². The fraction of sp³-hybridized carbons (Fsp3) is 0.320.